The summed E-state index contributed by atoms with van der Waals surface area (Å²) in [5, 5.41) is 6.43. The van der Waals surface area contributed by atoms with Gasteiger partial charge in [0.05, 0.1) is 0 Å². The van der Waals surface area contributed by atoms with Crippen LogP contribution in [0.4, 0.5) is 10.5 Å². The number of anilines is 1. The summed E-state index contributed by atoms with van der Waals surface area (Å²) in [7, 11) is 0. The van der Waals surface area contributed by atoms with Crippen LogP contribution >= 0.6 is 0 Å². The zero-order chi connectivity index (χ0) is 12.1. The fourth-order valence-corrected chi connectivity index (χ4v) is 1.30. The Morgan fingerprint density at radius 3 is 3.12 bits per heavy atom. The summed E-state index contributed by atoms with van der Waals surface area (Å²) in [6.07, 6.45) is 2.33. The summed E-state index contributed by atoms with van der Waals surface area (Å²) in [4.78, 5) is 15.2. The number of carbonyl (C=O) groups excluding carboxylic acids is 1. The number of nitrogens with zero attached hydrogens (tertiary/aromatic N) is 3. The van der Waals surface area contributed by atoms with Gasteiger partial charge in [0.15, 0.2) is 6.73 Å². The van der Waals surface area contributed by atoms with Crippen LogP contribution in [0.3, 0.4) is 0 Å². The van der Waals surface area contributed by atoms with Gasteiger partial charge in [-0.1, -0.05) is 12.1 Å². The highest BCUT2D eigenvalue weighted by Crippen LogP contribution is 2.09. The molecule has 1 aromatic heterocycles. The molecule has 0 aliphatic heterocycles. The number of aryl methyl sites for hydroxylation is 1. The van der Waals surface area contributed by atoms with Crippen molar-refractivity contribution in [3.8, 4) is 0 Å². The maximum atomic E-state index is 11.4. The molecule has 0 aliphatic carbocycles. The molecule has 0 spiro atoms. The van der Waals surface area contributed by atoms with E-state index in [-0.39, 0.29) is 6.73 Å². The molecule has 88 valence electrons. The van der Waals surface area contributed by atoms with Crippen LogP contribution in [0.2, 0.25) is 0 Å². The lowest BCUT2D eigenvalue weighted by Gasteiger charge is -2.06. The Kier molecular flexibility index (Phi) is 3.34. The van der Waals surface area contributed by atoms with E-state index in [4.69, 9.17) is 4.74 Å². The van der Waals surface area contributed by atoms with Crippen LogP contribution in [-0.4, -0.2) is 20.9 Å². The van der Waals surface area contributed by atoms with E-state index in [0.29, 0.717) is 5.69 Å². The van der Waals surface area contributed by atoms with E-state index in [0.717, 1.165) is 5.56 Å². The standard InChI is InChI=1S/C11H12N4O2/c1-9-3-2-4-10(5-9)14-11(16)17-8-15-7-12-6-13-15/h2-7H,8H2,1H3,(H,14,16). The molecule has 2 rings (SSSR count). The van der Waals surface area contributed by atoms with Crippen LogP contribution in [0.15, 0.2) is 36.9 Å². The number of benzene rings is 1. The van der Waals surface area contributed by atoms with Crippen molar-refractivity contribution in [2.24, 2.45) is 0 Å². The van der Waals surface area contributed by atoms with Crippen LogP contribution in [0.1, 0.15) is 5.56 Å². The van der Waals surface area contributed by atoms with Gasteiger partial charge in [-0.2, -0.15) is 5.10 Å². The van der Waals surface area contributed by atoms with Gasteiger partial charge >= 0.3 is 6.09 Å². The van der Waals surface area contributed by atoms with Gasteiger partial charge in [-0.3, -0.25) is 5.32 Å². The molecule has 2 aromatic rings. The van der Waals surface area contributed by atoms with Crippen molar-refractivity contribution in [2.75, 3.05) is 5.32 Å². The van der Waals surface area contributed by atoms with Crippen molar-refractivity contribution in [1.29, 1.82) is 0 Å². The minimum absolute atomic E-state index is 0.0393. The van der Waals surface area contributed by atoms with Gasteiger partial charge in [0, 0.05) is 5.69 Å². The van der Waals surface area contributed by atoms with Crippen molar-refractivity contribution in [3.05, 3.63) is 42.5 Å². The van der Waals surface area contributed by atoms with E-state index < -0.39 is 6.09 Å². The first-order valence-electron chi connectivity index (χ1n) is 5.07. The van der Waals surface area contributed by atoms with Crippen molar-refractivity contribution in [2.45, 2.75) is 13.7 Å². The topological polar surface area (TPSA) is 69.0 Å². The van der Waals surface area contributed by atoms with Crippen LogP contribution in [0.5, 0.6) is 0 Å². The van der Waals surface area contributed by atoms with Crippen molar-refractivity contribution < 1.29 is 9.53 Å². The Morgan fingerprint density at radius 2 is 2.41 bits per heavy atom. The van der Waals surface area contributed by atoms with Crippen molar-refractivity contribution >= 4 is 11.8 Å². The van der Waals surface area contributed by atoms with Gasteiger partial charge in [-0.15, -0.1) is 0 Å². The van der Waals surface area contributed by atoms with Crippen LogP contribution in [0, 0.1) is 6.92 Å². The average molecular weight is 232 g/mol. The van der Waals surface area contributed by atoms with E-state index in [2.05, 4.69) is 15.4 Å². The molecule has 0 fully saturated rings. The number of amides is 1. The highest BCUT2D eigenvalue weighted by atomic mass is 16.6. The molecule has 0 radical (unpaired) electrons. The summed E-state index contributed by atoms with van der Waals surface area (Å²) in [5.41, 5.74) is 1.77. The van der Waals surface area contributed by atoms with Gasteiger partial charge in [0.1, 0.15) is 12.7 Å². The fraction of sp³-hybridized carbons (Fsp3) is 0.182. The molecule has 6 nitrogen and oxygen atoms in total. The molecule has 17 heavy (non-hydrogen) atoms. The smallest absolute Gasteiger partial charge is 0.413 e. The van der Waals surface area contributed by atoms with E-state index in [1.165, 1.54) is 17.3 Å². The SMILES string of the molecule is Cc1cccc(NC(=O)OCn2cncn2)c1. The largest absolute Gasteiger partial charge is 0.426 e. The molecule has 6 heteroatoms. The third-order valence-corrected chi connectivity index (χ3v) is 2.06. The van der Waals surface area contributed by atoms with E-state index in [1.807, 2.05) is 25.1 Å². The second-order valence-electron chi connectivity index (χ2n) is 3.49. The normalized spacial score (nSPS) is 9.94. The zero-order valence-electron chi connectivity index (χ0n) is 9.33. The monoisotopic (exact) mass is 232 g/mol. The third-order valence-electron chi connectivity index (χ3n) is 2.06. The van der Waals surface area contributed by atoms with Gasteiger partial charge in [-0.05, 0) is 24.6 Å². The first kappa shape index (κ1) is 11.1. The van der Waals surface area contributed by atoms with Gasteiger partial charge in [0.25, 0.3) is 0 Å². The Morgan fingerprint density at radius 1 is 1.53 bits per heavy atom. The molecular weight excluding hydrogens is 220 g/mol. The molecule has 0 aliphatic rings. The van der Waals surface area contributed by atoms with Gasteiger partial charge in [0.2, 0.25) is 0 Å². The maximum absolute atomic E-state index is 11.4. The van der Waals surface area contributed by atoms with E-state index in [9.17, 15) is 4.79 Å². The summed E-state index contributed by atoms with van der Waals surface area (Å²) < 4.78 is 6.35. The fourth-order valence-electron chi connectivity index (χ4n) is 1.30. The Labute approximate surface area is 98.2 Å². The maximum Gasteiger partial charge on any atom is 0.413 e. The lowest BCUT2D eigenvalue weighted by Crippen LogP contribution is -2.16. The van der Waals surface area contributed by atoms with Gasteiger partial charge in [-0.25, -0.2) is 14.5 Å². The quantitative estimate of drug-likeness (QED) is 0.875. The summed E-state index contributed by atoms with van der Waals surface area (Å²) in [6.45, 7) is 1.99. The zero-order valence-corrected chi connectivity index (χ0v) is 9.33. The predicted octanol–water partition coefficient (Wildman–Crippen LogP) is 1.79. The minimum atomic E-state index is -0.522. The summed E-state index contributed by atoms with van der Waals surface area (Å²) in [6, 6.07) is 7.47. The van der Waals surface area contributed by atoms with Crippen molar-refractivity contribution in [1.82, 2.24) is 14.8 Å². The lowest BCUT2D eigenvalue weighted by atomic mass is 10.2. The molecule has 1 N–H and O–H groups in total. The number of carbonyl (C=O) groups is 1. The third kappa shape index (κ3) is 3.30. The highest BCUT2D eigenvalue weighted by Gasteiger charge is 2.03. The molecule has 0 bridgehead atoms. The average Bonchev–Trinajstić information content (AvgIpc) is 2.79. The molecule has 0 unspecified atom stereocenters. The first-order valence-corrected chi connectivity index (χ1v) is 5.07. The number of rotatable bonds is 3. The first-order chi connectivity index (χ1) is 8.24. The molecule has 0 saturated carbocycles. The second kappa shape index (κ2) is 5.11. The van der Waals surface area contributed by atoms with Gasteiger partial charge < -0.3 is 4.74 Å². The second-order valence-corrected chi connectivity index (χ2v) is 3.49. The number of aromatic nitrogens is 3. The van der Waals surface area contributed by atoms with Crippen LogP contribution in [0.25, 0.3) is 0 Å². The Hall–Kier alpha value is -2.37. The molecule has 0 atom stereocenters. The van der Waals surface area contributed by atoms with Crippen LogP contribution in [-0.2, 0) is 11.5 Å². The lowest BCUT2D eigenvalue weighted by molar-refractivity contribution is 0.121. The summed E-state index contributed by atoms with van der Waals surface area (Å²) in [5.74, 6) is 0. The molecule has 0 saturated heterocycles. The number of nitrogens with one attached hydrogen (secondary N) is 1. The van der Waals surface area contributed by atoms with Crippen molar-refractivity contribution in [3.63, 3.8) is 0 Å². The Bertz CT molecular complexity index is 496. The molecule has 1 amide bonds. The number of ether oxygens (including phenoxy) is 1. The molecular formula is C11H12N4O2. The van der Waals surface area contributed by atoms with Crippen LogP contribution < -0.4 is 5.32 Å². The minimum Gasteiger partial charge on any atom is -0.426 e. The summed E-state index contributed by atoms with van der Waals surface area (Å²) >= 11 is 0. The van der Waals surface area contributed by atoms with E-state index >= 15 is 0 Å². The predicted molar refractivity (Wildman–Crippen MR) is 61.3 cm³/mol. The Balaban J connectivity index is 1.85. The molecule has 1 heterocycles. The molecule has 1 aromatic carbocycles. The number of hydrogen-bond acceptors (Lipinski definition) is 4. The number of hydrogen-bond donors (Lipinski definition) is 1. The van der Waals surface area contributed by atoms with E-state index in [1.54, 1.807) is 6.07 Å². The highest BCUT2D eigenvalue weighted by molar-refractivity contribution is 5.84.